The number of fused-ring (bicyclic) bond motifs is 1. The lowest BCUT2D eigenvalue weighted by Crippen LogP contribution is -2.37. The van der Waals surface area contributed by atoms with Crippen LogP contribution in [-0.4, -0.2) is 12.5 Å². The highest BCUT2D eigenvalue weighted by Gasteiger charge is 2.21. The first-order valence-corrected chi connectivity index (χ1v) is 9.46. The lowest BCUT2D eigenvalue weighted by molar-refractivity contribution is 0.741. The summed E-state index contributed by atoms with van der Waals surface area (Å²) in [6.45, 7) is 5.84. The van der Waals surface area contributed by atoms with Crippen LogP contribution in [-0.2, 0) is 6.54 Å². The minimum Gasteiger partial charge on any atom is -0.355 e. The molecule has 4 heteroatoms. The van der Waals surface area contributed by atoms with Crippen LogP contribution >= 0.6 is 12.4 Å². The summed E-state index contributed by atoms with van der Waals surface area (Å²) in [4.78, 5) is 4.88. The first-order chi connectivity index (χ1) is 13.2. The number of rotatable bonds is 3. The van der Waals surface area contributed by atoms with Crippen LogP contribution in [0, 0.1) is 13.8 Å². The Morgan fingerprint density at radius 2 is 1.64 bits per heavy atom. The summed E-state index contributed by atoms with van der Waals surface area (Å²) in [6.07, 6.45) is 0. The minimum atomic E-state index is 0. The number of aryl methyl sites for hydroxylation is 2. The highest BCUT2D eigenvalue weighted by molar-refractivity contribution is 5.85. The van der Waals surface area contributed by atoms with Gasteiger partial charge in [0.1, 0.15) is 0 Å². The average Bonchev–Trinajstić information content (AvgIpc) is 2.87. The van der Waals surface area contributed by atoms with Gasteiger partial charge in [-0.15, -0.1) is 12.4 Å². The lowest BCUT2D eigenvalue weighted by Gasteiger charge is -2.19. The third-order valence-corrected chi connectivity index (χ3v) is 5.05. The molecule has 0 saturated heterocycles. The number of halogens is 1. The highest BCUT2D eigenvalue weighted by Crippen LogP contribution is 2.34. The molecule has 3 aromatic carbocycles. The van der Waals surface area contributed by atoms with Crippen molar-refractivity contribution in [2.45, 2.75) is 26.3 Å². The number of hydrogen-bond acceptors (Lipinski definition) is 3. The van der Waals surface area contributed by atoms with E-state index in [0.29, 0.717) is 0 Å². The Balaban J connectivity index is 0.00000225. The van der Waals surface area contributed by atoms with E-state index in [1.54, 1.807) is 0 Å². The molecular weight excluding hydrogens is 366 g/mol. The van der Waals surface area contributed by atoms with Crippen LogP contribution in [0.3, 0.4) is 0 Å². The van der Waals surface area contributed by atoms with Crippen LogP contribution in [0.4, 0.5) is 5.69 Å². The molecule has 1 atom stereocenters. The normalized spacial score (nSPS) is 15.4. The van der Waals surface area contributed by atoms with Crippen molar-refractivity contribution >= 4 is 24.1 Å². The summed E-state index contributed by atoms with van der Waals surface area (Å²) < 4.78 is 0. The molecule has 144 valence electrons. The third-order valence-electron chi connectivity index (χ3n) is 5.05. The van der Waals surface area contributed by atoms with Crippen molar-refractivity contribution in [3.8, 4) is 0 Å². The fraction of sp³-hybridized carbons (Fsp3) is 0.208. The van der Waals surface area contributed by atoms with E-state index in [4.69, 9.17) is 4.99 Å². The van der Waals surface area contributed by atoms with Gasteiger partial charge < -0.3 is 10.6 Å². The summed E-state index contributed by atoms with van der Waals surface area (Å²) in [6, 6.07) is 25.8. The fourth-order valence-electron chi connectivity index (χ4n) is 3.50. The van der Waals surface area contributed by atoms with Gasteiger partial charge in [-0.3, -0.25) is 0 Å². The van der Waals surface area contributed by atoms with Gasteiger partial charge in [0.05, 0.1) is 5.69 Å². The minimum absolute atomic E-state index is 0. The van der Waals surface area contributed by atoms with E-state index in [0.717, 1.165) is 24.7 Å². The van der Waals surface area contributed by atoms with E-state index < -0.39 is 0 Å². The van der Waals surface area contributed by atoms with E-state index >= 15 is 0 Å². The second-order valence-corrected chi connectivity index (χ2v) is 7.21. The molecule has 28 heavy (non-hydrogen) atoms. The van der Waals surface area contributed by atoms with Gasteiger partial charge in [0.2, 0.25) is 0 Å². The maximum atomic E-state index is 4.88. The van der Waals surface area contributed by atoms with E-state index in [2.05, 4.69) is 91.2 Å². The van der Waals surface area contributed by atoms with Gasteiger partial charge in [0.25, 0.3) is 0 Å². The summed E-state index contributed by atoms with van der Waals surface area (Å²) in [5, 5.41) is 6.97. The van der Waals surface area contributed by atoms with Gasteiger partial charge in [0, 0.05) is 19.0 Å². The van der Waals surface area contributed by atoms with Crippen molar-refractivity contribution in [3.05, 3.63) is 101 Å². The van der Waals surface area contributed by atoms with E-state index in [9.17, 15) is 0 Å². The molecule has 0 saturated carbocycles. The van der Waals surface area contributed by atoms with Crippen LogP contribution in [0.2, 0.25) is 0 Å². The SMILES string of the molecule is Cc1ccc(C2CNC(NCc3ccccc3)=Nc3ccc(C)cc32)cc1.Cl. The van der Waals surface area contributed by atoms with Gasteiger partial charge in [-0.05, 0) is 36.6 Å². The zero-order valence-electron chi connectivity index (χ0n) is 16.3. The molecule has 2 N–H and O–H groups in total. The van der Waals surface area contributed by atoms with E-state index in [1.807, 2.05) is 6.07 Å². The topological polar surface area (TPSA) is 36.4 Å². The van der Waals surface area contributed by atoms with Crippen molar-refractivity contribution in [1.82, 2.24) is 10.6 Å². The number of nitrogens with zero attached hydrogens (tertiary/aromatic N) is 1. The predicted octanol–water partition coefficient (Wildman–Crippen LogP) is 5.24. The number of nitrogens with one attached hydrogen (secondary N) is 2. The Labute approximate surface area is 173 Å². The molecule has 0 fully saturated rings. The van der Waals surface area contributed by atoms with Gasteiger partial charge >= 0.3 is 0 Å². The number of aliphatic imine (C=N–C) groups is 1. The Morgan fingerprint density at radius 1 is 0.929 bits per heavy atom. The standard InChI is InChI=1S/C24H25N3.ClH/c1-17-8-11-20(12-9-17)22-16-26-24(25-15-19-6-4-3-5-7-19)27-23-13-10-18(2)14-21(22)23;/h3-14,22H,15-16H2,1-2H3,(H2,25,26,27);1H. The molecule has 1 unspecified atom stereocenters. The van der Waals surface area contributed by atoms with Crippen molar-refractivity contribution in [3.63, 3.8) is 0 Å². The van der Waals surface area contributed by atoms with Crippen LogP contribution in [0.5, 0.6) is 0 Å². The molecule has 1 heterocycles. The van der Waals surface area contributed by atoms with Crippen LogP contribution in [0.25, 0.3) is 0 Å². The third kappa shape index (κ3) is 4.55. The molecule has 0 spiro atoms. The average molecular weight is 392 g/mol. The van der Waals surface area contributed by atoms with Crippen molar-refractivity contribution in [2.24, 2.45) is 4.99 Å². The zero-order chi connectivity index (χ0) is 18.6. The van der Waals surface area contributed by atoms with E-state index in [1.165, 1.54) is 27.8 Å². The molecule has 1 aliphatic heterocycles. The highest BCUT2D eigenvalue weighted by atomic mass is 35.5. The Morgan fingerprint density at radius 3 is 2.39 bits per heavy atom. The molecular formula is C24H26ClN3. The molecule has 3 aromatic rings. The molecule has 3 nitrogen and oxygen atoms in total. The predicted molar refractivity (Wildman–Crippen MR) is 120 cm³/mol. The van der Waals surface area contributed by atoms with Gasteiger partial charge in [-0.2, -0.15) is 0 Å². The second-order valence-electron chi connectivity index (χ2n) is 7.21. The van der Waals surface area contributed by atoms with Gasteiger partial charge in [0.15, 0.2) is 5.96 Å². The number of guanidine groups is 1. The molecule has 0 radical (unpaired) electrons. The Bertz CT molecular complexity index is 949. The molecule has 4 rings (SSSR count). The zero-order valence-corrected chi connectivity index (χ0v) is 17.1. The molecule has 0 aliphatic carbocycles. The summed E-state index contributed by atoms with van der Waals surface area (Å²) in [5.41, 5.74) is 7.42. The van der Waals surface area contributed by atoms with E-state index in [-0.39, 0.29) is 18.3 Å². The van der Waals surface area contributed by atoms with Crippen molar-refractivity contribution < 1.29 is 0 Å². The van der Waals surface area contributed by atoms with Crippen LogP contribution in [0.1, 0.15) is 33.7 Å². The first-order valence-electron chi connectivity index (χ1n) is 9.46. The summed E-state index contributed by atoms with van der Waals surface area (Å²) in [5.74, 6) is 1.11. The number of hydrogen-bond donors (Lipinski definition) is 2. The smallest absolute Gasteiger partial charge is 0.196 e. The lowest BCUT2D eigenvalue weighted by atomic mass is 9.89. The molecule has 1 aliphatic rings. The van der Waals surface area contributed by atoms with Crippen molar-refractivity contribution in [2.75, 3.05) is 6.54 Å². The fourth-order valence-corrected chi connectivity index (χ4v) is 3.50. The maximum absolute atomic E-state index is 4.88. The summed E-state index contributed by atoms with van der Waals surface area (Å²) in [7, 11) is 0. The van der Waals surface area contributed by atoms with Crippen LogP contribution in [0.15, 0.2) is 77.8 Å². The van der Waals surface area contributed by atoms with Gasteiger partial charge in [-0.1, -0.05) is 77.9 Å². The van der Waals surface area contributed by atoms with Crippen LogP contribution < -0.4 is 10.6 Å². The van der Waals surface area contributed by atoms with Crippen molar-refractivity contribution in [1.29, 1.82) is 0 Å². The Kier molecular flexibility index (Phi) is 6.37. The quantitative estimate of drug-likeness (QED) is 0.640. The molecule has 0 bridgehead atoms. The molecule has 0 aromatic heterocycles. The summed E-state index contributed by atoms with van der Waals surface area (Å²) >= 11 is 0. The number of benzene rings is 3. The Hall–Kier alpha value is -2.78. The monoisotopic (exact) mass is 391 g/mol. The largest absolute Gasteiger partial charge is 0.355 e. The second kappa shape index (κ2) is 8.94. The first kappa shape index (κ1) is 20.0. The molecule has 0 amide bonds. The maximum Gasteiger partial charge on any atom is 0.196 e. The van der Waals surface area contributed by atoms with Gasteiger partial charge in [-0.25, -0.2) is 4.99 Å².